The second kappa shape index (κ2) is 16.1. The van der Waals surface area contributed by atoms with Crippen LogP contribution in [0.1, 0.15) is 0 Å². The number of fused-ring (bicyclic) bond motifs is 3. The molecule has 0 spiro atoms. The van der Waals surface area contributed by atoms with Crippen LogP contribution in [0.25, 0.3) is 111 Å². The quantitative estimate of drug-likeness (QED) is 0.144. The predicted octanol–water partition coefficient (Wildman–Crippen LogP) is 15.5. The van der Waals surface area contributed by atoms with Gasteiger partial charge >= 0.3 is 0 Å². The van der Waals surface area contributed by atoms with Crippen LogP contribution in [0, 0.1) is 0 Å². The number of benzene rings is 9. The van der Waals surface area contributed by atoms with E-state index in [0.29, 0.717) is 5.82 Å². The highest BCUT2D eigenvalue weighted by atomic mass is 14.9. The Morgan fingerprint density at radius 2 is 0.661 bits per heavy atom. The van der Waals surface area contributed by atoms with E-state index in [2.05, 4.69) is 224 Å². The maximum Gasteiger partial charge on any atom is 0.160 e. The lowest BCUT2D eigenvalue weighted by Gasteiger charge is -2.15. The first kappa shape index (κ1) is 36.8. The number of hydrogen-bond donors (Lipinski definition) is 0. The number of rotatable bonds is 8. The van der Waals surface area contributed by atoms with Crippen LogP contribution in [0.2, 0.25) is 0 Å². The van der Waals surface area contributed by atoms with Gasteiger partial charge in [0.05, 0.1) is 22.6 Å². The van der Waals surface area contributed by atoms with Gasteiger partial charge < -0.3 is 0 Å². The Hall–Kier alpha value is -8.27. The van der Waals surface area contributed by atoms with Crippen molar-refractivity contribution in [2.24, 2.45) is 0 Å². The number of aromatic nitrogens is 3. The molecule has 0 atom stereocenters. The van der Waals surface area contributed by atoms with Crippen molar-refractivity contribution in [2.45, 2.75) is 0 Å². The van der Waals surface area contributed by atoms with Gasteiger partial charge in [-0.15, -0.1) is 0 Å². The molecule has 0 bridgehead atoms. The van der Waals surface area contributed by atoms with Gasteiger partial charge in [0.2, 0.25) is 0 Å². The van der Waals surface area contributed by atoms with Crippen LogP contribution in [0.4, 0.5) is 0 Å². The Kier molecular flexibility index (Phi) is 9.53. The molecule has 62 heavy (non-hydrogen) atoms. The maximum atomic E-state index is 5.29. The highest BCUT2D eigenvalue weighted by Gasteiger charge is 2.16. The fourth-order valence-corrected chi connectivity index (χ4v) is 8.52. The summed E-state index contributed by atoms with van der Waals surface area (Å²) in [6.07, 6.45) is 0. The summed E-state index contributed by atoms with van der Waals surface area (Å²) >= 11 is 0. The third-order valence-corrected chi connectivity index (χ3v) is 11.7. The molecular weight excluding hydrogens is 751 g/mol. The Bertz CT molecular complexity index is 3230. The standard InChI is InChI=1S/C59H39N3/c1-5-14-40(15-6-1)42-24-30-46(31-25-42)55-39-56(62-59(61-55)49-34-28-43(29-35-49)41-16-7-2-8-17-41)47-32-26-44(27-33-47)50-36-37-54-53(38-50)57-51(45-18-9-3-10-19-45)22-13-23-52(57)58(60-54)48-20-11-4-12-21-48/h1-39H. The molecule has 0 fully saturated rings. The number of pyridine rings is 1. The highest BCUT2D eigenvalue weighted by Crippen LogP contribution is 2.40. The van der Waals surface area contributed by atoms with E-state index >= 15 is 0 Å². The second-order valence-corrected chi connectivity index (χ2v) is 15.6. The molecule has 0 aliphatic rings. The molecule has 11 rings (SSSR count). The van der Waals surface area contributed by atoms with Crippen LogP contribution >= 0.6 is 0 Å². The molecular formula is C59H39N3. The molecule has 0 aliphatic heterocycles. The van der Waals surface area contributed by atoms with Crippen molar-refractivity contribution in [2.75, 3.05) is 0 Å². The van der Waals surface area contributed by atoms with Crippen molar-refractivity contribution < 1.29 is 0 Å². The molecule has 0 aliphatic carbocycles. The van der Waals surface area contributed by atoms with Gasteiger partial charge in [0.1, 0.15) is 0 Å². The molecule has 9 aromatic carbocycles. The van der Waals surface area contributed by atoms with Crippen molar-refractivity contribution in [3.8, 4) is 89.7 Å². The third kappa shape index (κ3) is 7.12. The minimum Gasteiger partial charge on any atom is -0.247 e. The normalized spacial score (nSPS) is 11.2. The first-order valence-electron chi connectivity index (χ1n) is 21.0. The zero-order valence-corrected chi connectivity index (χ0v) is 33.9. The van der Waals surface area contributed by atoms with Crippen LogP contribution < -0.4 is 0 Å². The second-order valence-electron chi connectivity index (χ2n) is 15.6. The SMILES string of the molecule is c1ccc(-c2ccc(-c3cc(-c4ccc(-c5ccc6nc(-c7ccccc7)c7cccc(-c8ccccc8)c7c6c5)cc4)nc(-c4ccc(-c5ccccc5)cc4)n3)cc2)cc1. The summed E-state index contributed by atoms with van der Waals surface area (Å²) in [6, 6.07) is 83.4. The topological polar surface area (TPSA) is 38.7 Å². The summed E-state index contributed by atoms with van der Waals surface area (Å²) in [6.45, 7) is 0. The van der Waals surface area contributed by atoms with Crippen molar-refractivity contribution in [3.63, 3.8) is 0 Å². The molecule has 2 aromatic heterocycles. The first-order valence-corrected chi connectivity index (χ1v) is 21.0. The van der Waals surface area contributed by atoms with E-state index in [1.54, 1.807) is 0 Å². The average molecular weight is 790 g/mol. The summed E-state index contributed by atoms with van der Waals surface area (Å²) in [4.78, 5) is 15.6. The lowest BCUT2D eigenvalue weighted by Crippen LogP contribution is -1.96. The Morgan fingerprint density at radius 3 is 1.19 bits per heavy atom. The zero-order valence-electron chi connectivity index (χ0n) is 33.9. The van der Waals surface area contributed by atoms with Gasteiger partial charge in [-0.25, -0.2) is 15.0 Å². The van der Waals surface area contributed by atoms with Gasteiger partial charge in [-0.05, 0) is 62.7 Å². The summed E-state index contributed by atoms with van der Waals surface area (Å²) in [5, 5.41) is 3.47. The molecule has 11 aromatic rings. The molecule has 0 unspecified atom stereocenters. The van der Waals surface area contributed by atoms with Crippen LogP contribution in [0.3, 0.4) is 0 Å². The molecule has 0 N–H and O–H groups in total. The molecule has 0 saturated carbocycles. The Morgan fingerprint density at radius 1 is 0.242 bits per heavy atom. The minimum absolute atomic E-state index is 0.686. The van der Waals surface area contributed by atoms with Gasteiger partial charge in [-0.2, -0.15) is 0 Å². The van der Waals surface area contributed by atoms with Gasteiger partial charge in [0, 0.05) is 38.4 Å². The summed E-state index contributed by atoms with van der Waals surface area (Å²) in [5.74, 6) is 0.686. The molecule has 2 heterocycles. The first-order chi connectivity index (χ1) is 30.7. The minimum atomic E-state index is 0.686. The fourth-order valence-electron chi connectivity index (χ4n) is 8.52. The number of nitrogens with zero attached hydrogens (tertiary/aromatic N) is 3. The molecule has 0 saturated heterocycles. The molecule has 290 valence electrons. The fraction of sp³-hybridized carbons (Fsp3) is 0. The van der Waals surface area contributed by atoms with E-state index in [1.807, 2.05) is 12.1 Å². The van der Waals surface area contributed by atoms with Crippen LogP contribution in [0.5, 0.6) is 0 Å². The van der Waals surface area contributed by atoms with Gasteiger partial charge in [-0.1, -0.05) is 218 Å². The number of hydrogen-bond acceptors (Lipinski definition) is 3. The summed E-state index contributed by atoms with van der Waals surface area (Å²) < 4.78 is 0. The van der Waals surface area contributed by atoms with E-state index in [-0.39, 0.29) is 0 Å². The van der Waals surface area contributed by atoms with E-state index in [0.717, 1.165) is 72.3 Å². The van der Waals surface area contributed by atoms with Gasteiger partial charge in [-0.3, -0.25) is 0 Å². The van der Waals surface area contributed by atoms with Gasteiger partial charge in [0.25, 0.3) is 0 Å². The van der Waals surface area contributed by atoms with Crippen molar-refractivity contribution >= 4 is 21.7 Å². The largest absolute Gasteiger partial charge is 0.247 e. The third-order valence-electron chi connectivity index (χ3n) is 11.7. The molecule has 3 heteroatoms. The van der Waals surface area contributed by atoms with Crippen LogP contribution in [-0.4, -0.2) is 15.0 Å². The molecule has 3 nitrogen and oxygen atoms in total. The monoisotopic (exact) mass is 789 g/mol. The lowest BCUT2D eigenvalue weighted by atomic mass is 9.91. The smallest absolute Gasteiger partial charge is 0.160 e. The van der Waals surface area contributed by atoms with E-state index < -0.39 is 0 Å². The summed E-state index contributed by atoms with van der Waals surface area (Å²) in [7, 11) is 0. The summed E-state index contributed by atoms with van der Waals surface area (Å²) in [5.41, 5.74) is 17.1. The Balaban J connectivity index is 0.997. The van der Waals surface area contributed by atoms with Gasteiger partial charge in [0.15, 0.2) is 5.82 Å². The van der Waals surface area contributed by atoms with Crippen molar-refractivity contribution in [1.82, 2.24) is 15.0 Å². The molecule has 0 radical (unpaired) electrons. The van der Waals surface area contributed by atoms with E-state index in [9.17, 15) is 0 Å². The predicted molar refractivity (Wildman–Crippen MR) is 258 cm³/mol. The van der Waals surface area contributed by atoms with Crippen LogP contribution in [-0.2, 0) is 0 Å². The van der Waals surface area contributed by atoms with Crippen molar-refractivity contribution in [3.05, 3.63) is 237 Å². The Labute approximate surface area is 361 Å². The molecule has 0 amide bonds. The average Bonchev–Trinajstić information content (AvgIpc) is 3.37. The maximum absolute atomic E-state index is 5.29. The highest BCUT2D eigenvalue weighted by molar-refractivity contribution is 6.17. The lowest BCUT2D eigenvalue weighted by molar-refractivity contribution is 1.18. The van der Waals surface area contributed by atoms with E-state index in [1.165, 1.54) is 33.2 Å². The van der Waals surface area contributed by atoms with E-state index in [4.69, 9.17) is 15.0 Å². The van der Waals surface area contributed by atoms with Crippen LogP contribution in [0.15, 0.2) is 237 Å². The zero-order chi connectivity index (χ0) is 41.2. The van der Waals surface area contributed by atoms with Crippen molar-refractivity contribution in [1.29, 1.82) is 0 Å².